The van der Waals surface area contributed by atoms with Crippen LogP contribution in [0.5, 0.6) is 0 Å². The molecule has 1 heterocycles. The van der Waals surface area contributed by atoms with E-state index < -0.39 is 0 Å². The van der Waals surface area contributed by atoms with Gasteiger partial charge >= 0.3 is 0 Å². The van der Waals surface area contributed by atoms with Gasteiger partial charge in [-0.2, -0.15) is 5.10 Å². The fourth-order valence-electron chi connectivity index (χ4n) is 2.79. The van der Waals surface area contributed by atoms with Gasteiger partial charge in [-0.15, -0.1) is 0 Å². The fraction of sp³-hybridized carbons (Fsp3) is 0.238. The second-order valence-corrected chi connectivity index (χ2v) is 7.03. The van der Waals surface area contributed by atoms with Gasteiger partial charge in [0.05, 0.1) is 28.2 Å². The maximum Gasteiger partial charge on any atom is 0.255 e. The summed E-state index contributed by atoms with van der Waals surface area (Å²) in [5.74, 6) is -0.148. The van der Waals surface area contributed by atoms with E-state index in [4.69, 9.17) is 4.74 Å². The molecule has 0 spiro atoms. The van der Waals surface area contributed by atoms with Gasteiger partial charge in [0.25, 0.3) is 5.91 Å². The van der Waals surface area contributed by atoms with E-state index in [2.05, 4.69) is 26.3 Å². The Morgan fingerprint density at radius 1 is 1.19 bits per heavy atom. The lowest BCUT2D eigenvalue weighted by molar-refractivity contribution is 0.102. The maximum absolute atomic E-state index is 12.5. The number of halogens is 1. The van der Waals surface area contributed by atoms with Crippen molar-refractivity contribution in [1.29, 1.82) is 0 Å². The van der Waals surface area contributed by atoms with Gasteiger partial charge in [-0.05, 0) is 78.7 Å². The molecule has 0 aliphatic carbocycles. The molecule has 3 aromatic rings. The Morgan fingerprint density at radius 2 is 1.93 bits per heavy atom. The Bertz CT molecular complexity index is 949. The lowest BCUT2D eigenvalue weighted by Gasteiger charge is -2.09. The molecule has 0 aliphatic rings. The summed E-state index contributed by atoms with van der Waals surface area (Å²) in [6.45, 7) is 7.11. The fourth-order valence-corrected chi connectivity index (χ4v) is 3.04. The Hall–Kier alpha value is -2.44. The molecule has 140 valence electrons. The van der Waals surface area contributed by atoms with Gasteiger partial charge in [-0.3, -0.25) is 4.79 Å². The smallest absolute Gasteiger partial charge is 0.255 e. The largest absolute Gasteiger partial charge is 0.377 e. The number of nitrogens with one attached hydrogen (secondary N) is 1. The minimum absolute atomic E-state index is 0.148. The Balaban J connectivity index is 1.73. The molecule has 27 heavy (non-hydrogen) atoms. The average Bonchev–Trinajstić information content (AvgIpc) is 2.94. The molecular formula is C21H22BrN3O2. The zero-order valence-electron chi connectivity index (χ0n) is 15.6. The number of carbonyl (C=O) groups excluding carboxylic acids is 1. The molecule has 0 saturated heterocycles. The number of carbonyl (C=O) groups is 1. The summed E-state index contributed by atoms with van der Waals surface area (Å²) in [4.78, 5) is 12.5. The predicted molar refractivity (Wildman–Crippen MR) is 110 cm³/mol. The summed E-state index contributed by atoms with van der Waals surface area (Å²) in [5.41, 5.74) is 5.24. The molecule has 1 N–H and O–H groups in total. The van der Waals surface area contributed by atoms with Crippen molar-refractivity contribution >= 4 is 27.5 Å². The average molecular weight is 428 g/mol. The third-order valence-electron chi connectivity index (χ3n) is 4.23. The molecule has 0 saturated carbocycles. The molecule has 0 fully saturated rings. The molecule has 5 nitrogen and oxygen atoms in total. The van der Waals surface area contributed by atoms with Crippen LogP contribution in [0.4, 0.5) is 5.69 Å². The number of aryl methyl sites for hydroxylation is 1. The molecule has 0 unspecified atom stereocenters. The number of hydrogen-bond donors (Lipinski definition) is 1. The van der Waals surface area contributed by atoms with Crippen LogP contribution in [0.25, 0.3) is 5.69 Å². The number of ether oxygens (including phenoxy) is 1. The summed E-state index contributed by atoms with van der Waals surface area (Å²) in [7, 11) is 0. The number of nitrogens with zero attached hydrogens (tertiary/aromatic N) is 2. The van der Waals surface area contributed by atoms with Crippen LogP contribution in [0.15, 0.2) is 53.0 Å². The van der Waals surface area contributed by atoms with Crippen LogP contribution in [-0.2, 0) is 11.3 Å². The highest BCUT2D eigenvalue weighted by Crippen LogP contribution is 2.23. The number of hydrogen-bond acceptors (Lipinski definition) is 3. The Labute approximate surface area is 167 Å². The van der Waals surface area contributed by atoms with Gasteiger partial charge in [-0.25, -0.2) is 4.68 Å². The topological polar surface area (TPSA) is 56.1 Å². The molecular weight excluding hydrogens is 406 g/mol. The zero-order valence-corrected chi connectivity index (χ0v) is 17.2. The predicted octanol–water partition coefficient (Wildman–Crippen LogP) is 5.04. The molecule has 1 amide bonds. The van der Waals surface area contributed by atoms with E-state index in [0.29, 0.717) is 18.8 Å². The van der Waals surface area contributed by atoms with Crippen LogP contribution < -0.4 is 5.32 Å². The molecule has 2 aromatic carbocycles. The van der Waals surface area contributed by atoms with Crippen LogP contribution in [0.3, 0.4) is 0 Å². The summed E-state index contributed by atoms with van der Waals surface area (Å²) in [6.07, 6.45) is 0. The number of anilines is 1. The van der Waals surface area contributed by atoms with Gasteiger partial charge in [0, 0.05) is 17.9 Å². The second kappa shape index (κ2) is 8.50. The van der Waals surface area contributed by atoms with E-state index in [1.807, 2.05) is 61.9 Å². The standard InChI is InChI=1S/C21H22BrN3O2/c1-4-27-13-16-6-5-7-18(12-16)23-21(26)17-8-10-19(11-9-17)25-15(3)20(22)14(2)24-25/h5-12H,4,13H2,1-3H3,(H,23,26). The maximum atomic E-state index is 12.5. The van der Waals surface area contributed by atoms with Crippen LogP contribution in [0.1, 0.15) is 34.2 Å². The van der Waals surface area contributed by atoms with Crippen LogP contribution in [-0.4, -0.2) is 22.3 Å². The van der Waals surface area contributed by atoms with E-state index in [1.165, 1.54) is 0 Å². The van der Waals surface area contributed by atoms with Crippen molar-refractivity contribution in [3.8, 4) is 5.69 Å². The summed E-state index contributed by atoms with van der Waals surface area (Å²) < 4.78 is 8.27. The monoisotopic (exact) mass is 427 g/mol. The van der Waals surface area contributed by atoms with Crippen molar-refractivity contribution in [1.82, 2.24) is 9.78 Å². The molecule has 1 aromatic heterocycles. The van der Waals surface area contributed by atoms with E-state index in [-0.39, 0.29) is 5.91 Å². The number of amides is 1. The molecule has 0 radical (unpaired) electrons. The van der Waals surface area contributed by atoms with Crippen molar-refractivity contribution in [3.63, 3.8) is 0 Å². The van der Waals surface area contributed by atoms with Crippen LogP contribution in [0.2, 0.25) is 0 Å². The summed E-state index contributed by atoms with van der Waals surface area (Å²) in [5, 5.41) is 7.45. The number of rotatable bonds is 6. The highest BCUT2D eigenvalue weighted by atomic mass is 79.9. The van der Waals surface area contributed by atoms with Crippen molar-refractivity contribution < 1.29 is 9.53 Å². The third-order valence-corrected chi connectivity index (χ3v) is 5.38. The highest BCUT2D eigenvalue weighted by Gasteiger charge is 2.11. The molecule has 0 atom stereocenters. The number of benzene rings is 2. The zero-order chi connectivity index (χ0) is 19.4. The minimum Gasteiger partial charge on any atom is -0.377 e. The second-order valence-electron chi connectivity index (χ2n) is 6.24. The van der Waals surface area contributed by atoms with Crippen molar-refractivity contribution in [3.05, 3.63) is 75.5 Å². The molecule has 0 aliphatic heterocycles. The van der Waals surface area contributed by atoms with E-state index in [0.717, 1.165) is 32.8 Å². The summed E-state index contributed by atoms with van der Waals surface area (Å²) in [6, 6.07) is 15.1. The molecule has 0 bridgehead atoms. The lowest BCUT2D eigenvalue weighted by atomic mass is 10.1. The third kappa shape index (κ3) is 4.46. The van der Waals surface area contributed by atoms with Crippen molar-refractivity contribution in [2.45, 2.75) is 27.4 Å². The molecule has 3 rings (SSSR count). The first-order valence-electron chi connectivity index (χ1n) is 8.79. The van der Waals surface area contributed by atoms with Gasteiger partial charge in [0.15, 0.2) is 0 Å². The Morgan fingerprint density at radius 3 is 2.56 bits per heavy atom. The number of aromatic nitrogens is 2. The van der Waals surface area contributed by atoms with Gasteiger partial charge in [-0.1, -0.05) is 12.1 Å². The van der Waals surface area contributed by atoms with E-state index in [9.17, 15) is 4.79 Å². The first-order valence-corrected chi connectivity index (χ1v) is 9.59. The normalized spacial score (nSPS) is 10.8. The van der Waals surface area contributed by atoms with Gasteiger partial charge in [0.1, 0.15) is 0 Å². The SMILES string of the molecule is CCOCc1cccc(NC(=O)c2ccc(-n3nc(C)c(Br)c3C)cc2)c1. The quantitative estimate of drug-likeness (QED) is 0.599. The van der Waals surface area contributed by atoms with E-state index in [1.54, 1.807) is 12.1 Å². The van der Waals surface area contributed by atoms with Crippen molar-refractivity contribution in [2.75, 3.05) is 11.9 Å². The lowest BCUT2D eigenvalue weighted by Crippen LogP contribution is -2.12. The first kappa shape index (κ1) is 19.3. The van der Waals surface area contributed by atoms with Gasteiger partial charge in [0.2, 0.25) is 0 Å². The Kier molecular flexibility index (Phi) is 6.08. The van der Waals surface area contributed by atoms with E-state index >= 15 is 0 Å². The molecule has 6 heteroatoms. The summed E-state index contributed by atoms with van der Waals surface area (Å²) >= 11 is 3.54. The minimum atomic E-state index is -0.148. The first-order chi connectivity index (χ1) is 13.0. The van der Waals surface area contributed by atoms with Crippen LogP contribution >= 0.6 is 15.9 Å². The van der Waals surface area contributed by atoms with Crippen LogP contribution in [0, 0.1) is 13.8 Å². The van der Waals surface area contributed by atoms with Gasteiger partial charge < -0.3 is 10.1 Å². The highest BCUT2D eigenvalue weighted by molar-refractivity contribution is 9.10. The van der Waals surface area contributed by atoms with Crippen molar-refractivity contribution in [2.24, 2.45) is 0 Å².